The number of esters is 4. The first-order chi connectivity index (χ1) is 27.9. The van der Waals surface area contributed by atoms with E-state index in [4.69, 9.17) is 32.8 Å². The molecule has 2 bridgehead atoms. The average molecular weight is 873 g/mol. The lowest BCUT2D eigenvalue weighted by atomic mass is 9.85. The molecule has 2 fully saturated rings. The van der Waals surface area contributed by atoms with Gasteiger partial charge in [-0.25, -0.2) is 14.4 Å². The lowest BCUT2D eigenvalue weighted by molar-refractivity contribution is -0.355. The second-order valence-corrected chi connectivity index (χ2v) is 25.6. The van der Waals surface area contributed by atoms with Gasteiger partial charge in [-0.3, -0.25) is 4.79 Å². The Hall–Kier alpha value is -3.36. The van der Waals surface area contributed by atoms with Crippen LogP contribution in [-0.2, 0) is 58.4 Å². The molecular formula is C48H76O12Si. The largest absolute Gasteiger partial charge is 0.458 e. The van der Waals surface area contributed by atoms with E-state index >= 15 is 0 Å². The Morgan fingerprint density at radius 1 is 0.934 bits per heavy atom. The number of hydrogen-bond donors (Lipinski definition) is 1. The topological polar surface area (TPSA) is 153 Å². The number of carbonyl (C=O) groups excluding carboxylic acids is 4. The van der Waals surface area contributed by atoms with E-state index in [-0.39, 0.29) is 24.7 Å². The van der Waals surface area contributed by atoms with Crippen LogP contribution in [0.5, 0.6) is 0 Å². The first-order valence-corrected chi connectivity index (χ1v) is 24.8. The van der Waals surface area contributed by atoms with Gasteiger partial charge in [-0.15, -0.1) is 0 Å². The third kappa shape index (κ3) is 13.3. The molecule has 61 heavy (non-hydrogen) atoms. The highest BCUT2D eigenvalue weighted by Gasteiger charge is 2.79. The van der Waals surface area contributed by atoms with Crippen molar-refractivity contribution in [3.8, 4) is 0 Å². The summed E-state index contributed by atoms with van der Waals surface area (Å²) in [5.74, 6) is -5.16. The SMILES string of the molecule is C=C(CC[C@]12O[C@H](C(=O)OC(C)(C)C)[C@H](O)[C@](C(=O)OC(C)(C)C)(O1)[C@H](OC(=O)/C=C/[C@@H](C)C[C@@H](C)CC)[C@H]2O[Si](C)(C)C(C)(C)C)[C@@H](OC(C)=O)[C@H](C)Cc1ccccc1. The van der Waals surface area contributed by atoms with E-state index in [2.05, 4.69) is 20.4 Å². The van der Waals surface area contributed by atoms with Crippen LogP contribution in [0.4, 0.5) is 0 Å². The molecule has 2 aliphatic heterocycles. The third-order valence-electron chi connectivity index (χ3n) is 11.8. The van der Waals surface area contributed by atoms with Crippen LogP contribution in [0.3, 0.4) is 0 Å². The monoisotopic (exact) mass is 873 g/mol. The number of carbonyl (C=O) groups is 4. The minimum atomic E-state index is -2.92. The molecule has 1 aromatic carbocycles. The fourth-order valence-electron chi connectivity index (χ4n) is 7.54. The van der Waals surface area contributed by atoms with Gasteiger partial charge in [0.15, 0.2) is 26.3 Å². The van der Waals surface area contributed by atoms with Gasteiger partial charge in [0.25, 0.3) is 0 Å². The molecule has 344 valence electrons. The zero-order chi connectivity index (χ0) is 46.5. The summed E-state index contributed by atoms with van der Waals surface area (Å²) in [7, 11) is -2.92. The van der Waals surface area contributed by atoms with E-state index in [1.165, 1.54) is 13.0 Å². The van der Waals surface area contributed by atoms with Gasteiger partial charge >= 0.3 is 23.9 Å². The molecule has 0 aromatic heterocycles. The van der Waals surface area contributed by atoms with Crippen LogP contribution in [0.1, 0.15) is 128 Å². The van der Waals surface area contributed by atoms with Gasteiger partial charge in [-0.05, 0) is 102 Å². The summed E-state index contributed by atoms with van der Waals surface area (Å²) >= 11 is 0. The highest BCUT2D eigenvalue weighted by Crippen LogP contribution is 2.55. The maximum absolute atomic E-state index is 14.9. The minimum Gasteiger partial charge on any atom is -0.458 e. The summed E-state index contributed by atoms with van der Waals surface area (Å²) < 4.78 is 44.7. The summed E-state index contributed by atoms with van der Waals surface area (Å²) in [6, 6.07) is 9.80. The van der Waals surface area contributed by atoms with Crippen molar-refractivity contribution >= 4 is 32.2 Å². The number of fused-ring (bicyclic) bond motifs is 2. The fourth-order valence-corrected chi connectivity index (χ4v) is 8.83. The molecular weight excluding hydrogens is 797 g/mol. The second-order valence-electron chi connectivity index (χ2n) is 20.8. The van der Waals surface area contributed by atoms with Crippen LogP contribution in [-0.4, -0.2) is 90.4 Å². The van der Waals surface area contributed by atoms with E-state index in [1.807, 2.05) is 78.0 Å². The maximum atomic E-state index is 14.9. The molecule has 2 saturated heterocycles. The minimum absolute atomic E-state index is 0.0259. The smallest absolute Gasteiger partial charge is 0.346 e. The Bertz CT molecular complexity index is 1720. The number of hydrogen-bond acceptors (Lipinski definition) is 12. The maximum Gasteiger partial charge on any atom is 0.346 e. The van der Waals surface area contributed by atoms with Crippen LogP contribution in [0, 0.1) is 17.8 Å². The lowest BCUT2D eigenvalue weighted by Gasteiger charge is -2.47. The Morgan fingerprint density at radius 2 is 1.52 bits per heavy atom. The highest BCUT2D eigenvalue weighted by atomic mass is 28.4. The number of aliphatic hydroxyl groups is 1. The van der Waals surface area contributed by atoms with Crippen molar-refractivity contribution in [3.05, 3.63) is 60.2 Å². The number of rotatable bonds is 18. The Balaban J connectivity index is 2.31. The third-order valence-corrected chi connectivity index (χ3v) is 16.2. The first kappa shape index (κ1) is 52.0. The summed E-state index contributed by atoms with van der Waals surface area (Å²) in [5.41, 5.74) is -3.13. The summed E-state index contributed by atoms with van der Waals surface area (Å²) in [4.78, 5) is 55.7. The summed E-state index contributed by atoms with van der Waals surface area (Å²) in [5, 5.41) is 12.0. The van der Waals surface area contributed by atoms with Crippen LogP contribution in [0.25, 0.3) is 0 Å². The highest BCUT2D eigenvalue weighted by molar-refractivity contribution is 6.74. The number of allylic oxidation sites excluding steroid dienone is 1. The molecule has 1 aromatic rings. The molecule has 10 atom stereocenters. The van der Waals surface area contributed by atoms with Gasteiger partial charge in [0.2, 0.25) is 5.60 Å². The fraction of sp³-hybridized carbons (Fsp3) is 0.708. The number of benzene rings is 1. The van der Waals surface area contributed by atoms with Crippen LogP contribution in [0.2, 0.25) is 18.1 Å². The van der Waals surface area contributed by atoms with Gasteiger partial charge in [0, 0.05) is 25.3 Å². The molecule has 0 amide bonds. The normalized spacial score (nSPS) is 26.5. The summed E-state index contributed by atoms with van der Waals surface area (Å²) in [6.07, 6.45) is -2.35. The van der Waals surface area contributed by atoms with Gasteiger partial charge in [-0.1, -0.05) is 97.9 Å². The van der Waals surface area contributed by atoms with Crippen LogP contribution >= 0.6 is 0 Å². The molecule has 2 aliphatic rings. The van der Waals surface area contributed by atoms with Crippen molar-refractivity contribution in [2.24, 2.45) is 17.8 Å². The van der Waals surface area contributed by atoms with Gasteiger partial charge < -0.3 is 38.0 Å². The average Bonchev–Trinajstić information content (AvgIpc) is 3.33. The second kappa shape index (κ2) is 20.0. The lowest BCUT2D eigenvalue weighted by Crippen LogP contribution is -2.68. The molecule has 1 N–H and O–H groups in total. The molecule has 0 unspecified atom stereocenters. The molecule has 3 rings (SSSR count). The van der Waals surface area contributed by atoms with E-state index in [1.54, 1.807) is 47.6 Å². The Morgan fingerprint density at radius 3 is 2.05 bits per heavy atom. The number of aliphatic hydroxyl groups excluding tert-OH is 1. The van der Waals surface area contributed by atoms with Crippen molar-refractivity contribution < 1.29 is 57.1 Å². The standard InChI is InChI=1S/C48H76O12Si/c1-18-30(2)28-31(3)24-25-36(50)55-41-40(59-61(16,17)46(13,14)15)47(27-26-32(4)37(54-34(6)49)33(5)29-35-22-20-19-21-23-35)56-38(42(52)57-44(7,8)9)39(51)48(41,60-47)43(53)58-45(10,11)12/h19-25,30-31,33,37-41,51H,4,18,26-29H2,1-3,5-17H3/b25-24+/t30-,31+,33+,37+,38-,39-,40+,41+,47-,48-/m0/s1. The molecule has 13 heteroatoms. The predicted molar refractivity (Wildman–Crippen MR) is 237 cm³/mol. The molecule has 0 spiro atoms. The van der Waals surface area contributed by atoms with Gasteiger partial charge in [0.05, 0.1) is 0 Å². The zero-order valence-corrected chi connectivity index (χ0v) is 40.8. The zero-order valence-electron chi connectivity index (χ0n) is 39.8. The van der Waals surface area contributed by atoms with Crippen LogP contribution < -0.4 is 0 Å². The van der Waals surface area contributed by atoms with Gasteiger partial charge in [-0.2, -0.15) is 0 Å². The van der Waals surface area contributed by atoms with Crippen molar-refractivity contribution in [2.45, 2.75) is 200 Å². The Kier molecular flexibility index (Phi) is 17.0. The quantitative estimate of drug-likeness (QED) is 0.0493. The van der Waals surface area contributed by atoms with Crippen molar-refractivity contribution in [1.82, 2.24) is 0 Å². The molecule has 0 saturated carbocycles. The van der Waals surface area contributed by atoms with Crippen molar-refractivity contribution in [1.29, 1.82) is 0 Å². The van der Waals surface area contributed by atoms with Crippen molar-refractivity contribution in [3.63, 3.8) is 0 Å². The van der Waals surface area contributed by atoms with E-state index in [9.17, 15) is 24.3 Å². The van der Waals surface area contributed by atoms with E-state index < -0.39 is 90.3 Å². The predicted octanol–water partition coefficient (Wildman–Crippen LogP) is 8.97. The van der Waals surface area contributed by atoms with E-state index in [0.717, 1.165) is 18.4 Å². The van der Waals surface area contributed by atoms with Gasteiger partial charge in [0.1, 0.15) is 29.5 Å². The van der Waals surface area contributed by atoms with Crippen molar-refractivity contribution in [2.75, 3.05) is 0 Å². The first-order valence-electron chi connectivity index (χ1n) is 21.9. The molecule has 12 nitrogen and oxygen atoms in total. The molecule has 0 aliphatic carbocycles. The molecule has 2 heterocycles. The molecule has 0 radical (unpaired) electrons. The number of ether oxygens (including phenoxy) is 6. The van der Waals surface area contributed by atoms with E-state index in [0.29, 0.717) is 17.9 Å². The summed E-state index contributed by atoms with van der Waals surface area (Å²) in [6.45, 7) is 34.0. The Labute approximate surface area is 366 Å². The van der Waals surface area contributed by atoms with Crippen LogP contribution in [0.15, 0.2) is 54.6 Å².